The van der Waals surface area contributed by atoms with E-state index in [0.717, 1.165) is 21.9 Å². The number of sulfonamides is 1. The number of hydrogen-bond acceptors (Lipinski definition) is 5. The fraction of sp³-hybridized carbons (Fsp3) is 0.143. The van der Waals surface area contributed by atoms with Crippen LogP contribution >= 0.6 is 0 Å². The lowest BCUT2D eigenvalue weighted by atomic mass is 10.1. The zero-order valence-corrected chi connectivity index (χ0v) is 20.7. The van der Waals surface area contributed by atoms with Crippen molar-refractivity contribution in [3.05, 3.63) is 115 Å². The molecule has 0 saturated carbocycles. The minimum Gasteiger partial charge on any atom is -0.492 e. The predicted molar refractivity (Wildman–Crippen MR) is 141 cm³/mol. The van der Waals surface area contributed by atoms with Gasteiger partial charge < -0.3 is 10.1 Å². The van der Waals surface area contributed by atoms with E-state index < -0.39 is 22.5 Å². The first-order valence-electron chi connectivity index (χ1n) is 11.5. The van der Waals surface area contributed by atoms with Crippen LogP contribution in [-0.4, -0.2) is 32.5 Å². The summed E-state index contributed by atoms with van der Waals surface area (Å²) in [5, 5.41) is 2.81. The molecule has 4 rings (SSSR count). The number of aromatic nitrogens is 1. The van der Waals surface area contributed by atoms with Crippen molar-refractivity contribution in [2.45, 2.75) is 18.2 Å². The van der Waals surface area contributed by atoms with E-state index >= 15 is 0 Å². The molecule has 0 atom stereocenters. The largest absolute Gasteiger partial charge is 0.492 e. The molecule has 1 amide bonds. The third kappa shape index (κ3) is 6.09. The number of carbonyl (C=O) groups is 1. The van der Waals surface area contributed by atoms with Crippen molar-refractivity contribution in [2.24, 2.45) is 0 Å². The van der Waals surface area contributed by atoms with Gasteiger partial charge in [0.25, 0.3) is 10.0 Å². The van der Waals surface area contributed by atoms with Crippen LogP contribution < -0.4 is 14.4 Å². The van der Waals surface area contributed by atoms with Crippen molar-refractivity contribution in [1.29, 1.82) is 0 Å². The maximum atomic E-state index is 13.6. The van der Waals surface area contributed by atoms with Crippen LogP contribution in [0.15, 0.2) is 108 Å². The van der Waals surface area contributed by atoms with Gasteiger partial charge in [0.15, 0.2) is 0 Å². The molecule has 0 bridgehead atoms. The lowest BCUT2D eigenvalue weighted by molar-refractivity contribution is -0.114. The number of rotatable bonds is 10. The lowest BCUT2D eigenvalue weighted by Gasteiger charge is -2.26. The van der Waals surface area contributed by atoms with E-state index in [9.17, 15) is 13.2 Å². The van der Waals surface area contributed by atoms with Crippen LogP contribution in [0.3, 0.4) is 0 Å². The normalized spacial score (nSPS) is 11.0. The van der Waals surface area contributed by atoms with Crippen LogP contribution in [-0.2, 0) is 21.2 Å². The highest BCUT2D eigenvalue weighted by atomic mass is 32.2. The van der Waals surface area contributed by atoms with Gasteiger partial charge in [0.05, 0.1) is 17.2 Å². The van der Waals surface area contributed by atoms with Gasteiger partial charge in [-0.2, -0.15) is 0 Å². The third-order valence-electron chi connectivity index (χ3n) is 5.45. The molecular formula is C28H27N3O4S. The second-order valence-electron chi connectivity index (χ2n) is 8.00. The molecule has 1 heterocycles. The lowest BCUT2D eigenvalue weighted by Crippen LogP contribution is -2.38. The summed E-state index contributed by atoms with van der Waals surface area (Å²) >= 11 is 0. The molecule has 0 aliphatic heterocycles. The Bertz CT molecular complexity index is 1390. The summed E-state index contributed by atoms with van der Waals surface area (Å²) in [7, 11) is -4.04. The summed E-state index contributed by atoms with van der Waals surface area (Å²) in [5.41, 5.74) is 3.09. The molecule has 0 unspecified atom stereocenters. The van der Waals surface area contributed by atoms with Crippen molar-refractivity contribution in [3.8, 4) is 5.75 Å². The van der Waals surface area contributed by atoms with Crippen LogP contribution in [0.25, 0.3) is 0 Å². The molecule has 36 heavy (non-hydrogen) atoms. The van der Waals surface area contributed by atoms with Crippen molar-refractivity contribution in [3.63, 3.8) is 0 Å². The summed E-state index contributed by atoms with van der Waals surface area (Å²) in [5.74, 6) is -0.0875. The van der Waals surface area contributed by atoms with Gasteiger partial charge in [-0.1, -0.05) is 42.5 Å². The van der Waals surface area contributed by atoms with Gasteiger partial charge in [-0.15, -0.1) is 0 Å². The minimum absolute atomic E-state index is 0.0876. The Morgan fingerprint density at radius 2 is 1.50 bits per heavy atom. The number of ether oxygens (including phenoxy) is 1. The summed E-state index contributed by atoms with van der Waals surface area (Å²) in [6.07, 6.45) is 4.25. The summed E-state index contributed by atoms with van der Waals surface area (Å²) in [6.45, 7) is 1.76. The maximum Gasteiger partial charge on any atom is 0.264 e. The predicted octanol–water partition coefficient (Wildman–Crippen LogP) is 4.91. The molecule has 0 saturated heterocycles. The molecular weight excluding hydrogens is 474 g/mol. The van der Waals surface area contributed by atoms with Gasteiger partial charge in [-0.25, -0.2) is 8.42 Å². The standard InChI is InChI=1S/C28H27N3O4S/c1-2-35-27-11-7-6-10-26(27)31(36(33,34)25-8-4-3-5-9-25)21-28(32)30-24-14-12-22(13-15-24)20-23-16-18-29-19-17-23/h3-19H,2,20-21H2,1H3,(H,30,32). The highest BCUT2D eigenvalue weighted by molar-refractivity contribution is 7.92. The van der Waals surface area contributed by atoms with E-state index in [0.29, 0.717) is 23.7 Å². The van der Waals surface area contributed by atoms with Crippen molar-refractivity contribution in [1.82, 2.24) is 4.98 Å². The first-order chi connectivity index (χ1) is 17.5. The van der Waals surface area contributed by atoms with E-state index in [1.807, 2.05) is 31.2 Å². The fourth-order valence-electron chi connectivity index (χ4n) is 3.73. The van der Waals surface area contributed by atoms with Crippen molar-refractivity contribution >= 4 is 27.3 Å². The van der Waals surface area contributed by atoms with E-state index in [-0.39, 0.29) is 4.90 Å². The van der Waals surface area contributed by atoms with Crippen LogP contribution in [0.4, 0.5) is 11.4 Å². The number of nitrogens with one attached hydrogen (secondary N) is 1. The number of hydrogen-bond donors (Lipinski definition) is 1. The van der Waals surface area contributed by atoms with Crippen molar-refractivity contribution < 1.29 is 17.9 Å². The Morgan fingerprint density at radius 1 is 0.861 bits per heavy atom. The van der Waals surface area contributed by atoms with Gasteiger partial charge in [0, 0.05) is 18.1 Å². The van der Waals surface area contributed by atoms with Crippen LogP contribution in [0.5, 0.6) is 5.75 Å². The molecule has 184 valence electrons. The second kappa shape index (κ2) is 11.5. The SMILES string of the molecule is CCOc1ccccc1N(CC(=O)Nc1ccc(Cc2ccncc2)cc1)S(=O)(=O)c1ccccc1. The number of para-hydroxylation sites is 2. The van der Waals surface area contributed by atoms with Gasteiger partial charge in [-0.3, -0.25) is 14.1 Å². The maximum absolute atomic E-state index is 13.6. The van der Waals surface area contributed by atoms with E-state index in [2.05, 4.69) is 10.3 Å². The Balaban J connectivity index is 1.56. The molecule has 0 radical (unpaired) electrons. The molecule has 0 fully saturated rings. The third-order valence-corrected chi connectivity index (χ3v) is 7.22. The van der Waals surface area contributed by atoms with Gasteiger partial charge in [0.1, 0.15) is 12.3 Å². The van der Waals surface area contributed by atoms with Gasteiger partial charge in [0.2, 0.25) is 5.91 Å². The molecule has 0 aliphatic rings. The Labute approximate surface area is 211 Å². The summed E-state index contributed by atoms with van der Waals surface area (Å²) in [6, 6.07) is 26.2. The van der Waals surface area contributed by atoms with Gasteiger partial charge in [-0.05, 0) is 73.0 Å². The molecule has 0 spiro atoms. The quantitative estimate of drug-likeness (QED) is 0.334. The first kappa shape index (κ1) is 24.9. The Hall–Kier alpha value is -4.17. The first-order valence-corrected chi connectivity index (χ1v) is 13.0. The molecule has 0 aliphatic carbocycles. The monoisotopic (exact) mass is 501 g/mol. The van der Waals surface area contributed by atoms with Crippen LogP contribution in [0, 0.1) is 0 Å². The number of benzene rings is 3. The van der Waals surface area contributed by atoms with E-state index in [1.54, 1.807) is 67.0 Å². The Morgan fingerprint density at radius 3 is 2.19 bits per heavy atom. The number of anilines is 2. The second-order valence-corrected chi connectivity index (χ2v) is 9.87. The molecule has 8 heteroatoms. The highest BCUT2D eigenvalue weighted by Crippen LogP contribution is 2.32. The zero-order valence-electron chi connectivity index (χ0n) is 19.9. The number of pyridine rings is 1. The van der Waals surface area contributed by atoms with Gasteiger partial charge >= 0.3 is 0 Å². The molecule has 7 nitrogen and oxygen atoms in total. The minimum atomic E-state index is -4.04. The van der Waals surface area contributed by atoms with Crippen LogP contribution in [0.2, 0.25) is 0 Å². The Kier molecular flexibility index (Phi) is 7.97. The number of carbonyl (C=O) groups excluding carboxylic acids is 1. The smallest absolute Gasteiger partial charge is 0.264 e. The average Bonchev–Trinajstić information content (AvgIpc) is 2.90. The van der Waals surface area contributed by atoms with Crippen LogP contribution in [0.1, 0.15) is 18.1 Å². The summed E-state index contributed by atoms with van der Waals surface area (Å²) in [4.78, 5) is 17.2. The summed E-state index contributed by atoms with van der Waals surface area (Å²) < 4.78 is 33.9. The number of amides is 1. The fourth-order valence-corrected chi connectivity index (χ4v) is 5.19. The van der Waals surface area contributed by atoms with E-state index in [4.69, 9.17) is 4.74 Å². The zero-order chi connectivity index (χ0) is 25.4. The average molecular weight is 502 g/mol. The van der Waals surface area contributed by atoms with E-state index in [1.165, 1.54) is 12.1 Å². The van der Waals surface area contributed by atoms with Crippen molar-refractivity contribution in [2.75, 3.05) is 22.8 Å². The molecule has 3 aromatic carbocycles. The topological polar surface area (TPSA) is 88.6 Å². The molecule has 1 aromatic heterocycles. The highest BCUT2D eigenvalue weighted by Gasteiger charge is 2.29. The number of nitrogens with zero attached hydrogens (tertiary/aromatic N) is 2. The molecule has 4 aromatic rings. The molecule has 1 N–H and O–H groups in total.